The third-order valence-corrected chi connectivity index (χ3v) is 5.99. The SMILES string of the molecule is Cc1ncc2ccc(-c3ccc(C[SH](=O)=O)cc3)cc2c1Cc1ccccc1OC(F)F. The average Bonchev–Trinajstić information content (AvgIpc) is 2.76. The lowest BCUT2D eigenvalue weighted by Gasteiger charge is -2.14. The van der Waals surface area contributed by atoms with Crippen LogP contribution in [-0.2, 0) is 22.9 Å². The van der Waals surface area contributed by atoms with Gasteiger partial charge >= 0.3 is 6.61 Å². The van der Waals surface area contributed by atoms with E-state index < -0.39 is 17.3 Å². The van der Waals surface area contributed by atoms with E-state index in [2.05, 4.69) is 11.1 Å². The van der Waals surface area contributed by atoms with Gasteiger partial charge in [0.2, 0.25) is 0 Å². The predicted octanol–water partition coefficient (Wildman–Crippen LogP) is 5.51. The van der Waals surface area contributed by atoms with Gasteiger partial charge in [-0.1, -0.05) is 54.6 Å². The summed E-state index contributed by atoms with van der Waals surface area (Å²) >= 11 is 0. The van der Waals surface area contributed by atoms with Crippen molar-refractivity contribution in [3.63, 3.8) is 0 Å². The molecule has 0 unspecified atom stereocenters. The number of aromatic nitrogens is 1. The van der Waals surface area contributed by atoms with E-state index in [0.29, 0.717) is 12.0 Å². The number of nitrogens with zero attached hydrogens (tertiary/aromatic N) is 1. The number of hydrogen-bond acceptors (Lipinski definition) is 4. The van der Waals surface area contributed by atoms with Gasteiger partial charge in [0.1, 0.15) is 16.5 Å². The molecule has 1 heterocycles. The maximum absolute atomic E-state index is 12.8. The van der Waals surface area contributed by atoms with Crippen LogP contribution in [0.1, 0.15) is 22.4 Å². The van der Waals surface area contributed by atoms with Gasteiger partial charge < -0.3 is 4.74 Å². The minimum Gasteiger partial charge on any atom is -0.435 e. The molecular formula is C25H21F2NO3S. The fraction of sp³-hybridized carbons (Fsp3) is 0.160. The molecule has 0 aliphatic rings. The summed E-state index contributed by atoms with van der Waals surface area (Å²) in [6.07, 6.45) is 2.20. The zero-order valence-corrected chi connectivity index (χ0v) is 18.2. The Labute approximate surface area is 186 Å². The second kappa shape index (κ2) is 9.44. The van der Waals surface area contributed by atoms with Gasteiger partial charge in [0.15, 0.2) is 0 Å². The number of benzene rings is 3. The average molecular weight is 454 g/mol. The van der Waals surface area contributed by atoms with Gasteiger partial charge in [0.25, 0.3) is 0 Å². The number of hydrogen-bond donors (Lipinski definition) is 1. The van der Waals surface area contributed by atoms with Crippen molar-refractivity contribution >= 4 is 21.5 Å². The van der Waals surface area contributed by atoms with Crippen molar-refractivity contribution in [1.82, 2.24) is 4.98 Å². The number of fused-ring (bicyclic) bond motifs is 1. The van der Waals surface area contributed by atoms with E-state index in [-0.39, 0.29) is 11.5 Å². The molecule has 0 N–H and O–H groups in total. The van der Waals surface area contributed by atoms with Crippen LogP contribution in [0.3, 0.4) is 0 Å². The van der Waals surface area contributed by atoms with Gasteiger partial charge in [-0.3, -0.25) is 4.98 Å². The van der Waals surface area contributed by atoms with Crippen molar-refractivity contribution in [3.8, 4) is 16.9 Å². The molecule has 7 heteroatoms. The summed E-state index contributed by atoms with van der Waals surface area (Å²) in [7, 11) is -2.47. The third-order valence-electron chi connectivity index (χ3n) is 5.37. The van der Waals surface area contributed by atoms with E-state index in [4.69, 9.17) is 4.74 Å². The van der Waals surface area contributed by atoms with Crippen LogP contribution in [-0.4, -0.2) is 20.0 Å². The highest BCUT2D eigenvalue weighted by Gasteiger charge is 2.14. The summed E-state index contributed by atoms with van der Waals surface area (Å²) in [4.78, 5) is 4.49. The molecule has 0 saturated carbocycles. The van der Waals surface area contributed by atoms with Crippen molar-refractivity contribution in [2.45, 2.75) is 25.7 Å². The van der Waals surface area contributed by atoms with Gasteiger partial charge in [-0.25, -0.2) is 8.42 Å². The number of rotatable bonds is 7. The zero-order chi connectivity index (χ0) is 22.7. The van der Waals surface area contributed by atoms with Crippen molar-refractivity contribution in [3.05, 3.63) is 95.3 Å². The van der Waals surface area contributed by atoms with Crippen LogP contribution < -0.4 is 4.74 Å². The van der Waals surface area contributed by atoms with Crippen LogP contribution in [0.5, 0.6) is 5.75 Å². The molecular weight excluding hydrogens is 432 g/mol. The summed E-state index contributed by atoms with van der Waals surface area (Å²) in [5.74, 6) is 0.171. The number of para-hydroxylation sites is 1. The molecule has 164 valence electrons. The molecule has 4 nitrogen and oxygen atoms in total. The minimum absolute atomic E-state index is 0.0163. The van der Waals surface area contributed by atoms with Crippen LogP contribution >= 0.6 is 0 Å². The van der Waals surface area contributed by atoms with Crippen molar-refractivity contribution in [2.24, 2.45) is 0 Å². The van der Waals surface area contributed by atoms with Gasteiger partial charge in [-0.15, -0.1) is 0 Å². The fourth-order valence-electron chi connectivity index (χ4n) is 3.78. The van der Waals surface area contributed by atoms with Crippen molar-refractivity contribution in [2.75, 3.05) is 0 Å². The smallest absolute Gasteiger partial charge is 0.387 e. The standard InChI is InChI=1S/C25H21F2NO3S/c1-16-22(13-20-4-2-3-5-24(20)31-25(26)27)23-12-19(10-11-21(23)14-28-16)18-8-6-17(7-9-18)15-32(29)30/h2-12,14,25,32H,13,15H2,1H3. The van der Waals surface area contributed by atoms with Gasteiger partial charge in [0, 0.05) is 23.7 Å². The first kappa shape index (κ1) is 21.9. The molecule has 0 bridgehead atoms. The van der Waals surface area contributed by atoms with Gasteiger partial charge in [0.05, 0.1) is 5.75 Å². The lowest BCUT2D eigenvalue weighted by molar-refractivity contribution is -0.0503. The predicted molar refractivity (Wildman–Crippen MR) is 122 cm³/mol. The number of alkyl halides is 2. The summed E-state index contributed by atoms with van der Waals surface area (Å²) in [5.41, 5.74) is 5.08. The molecule has 4 aromatic rings. The summed E-state index contributed by atoms with van der Waals surface area (Å²) < 4.78 is 52.3. The second-order valence-electron chi connectivity index (χ2n) is 7.47. The van der Waals surface area contributed by atoms with E-state index in [9.17, 15) is 17.2 Å². The Morgan fingerprint density at radius 1 is 0.969 bits per heavy atom. The van der Waals surface area contributed by atoms with Crippen molar-refractivity contribution < 1.29 is 21.9 Å². The number of thiol groups is 1. The van der Waals surface area contributed by atoms with Gasteiger partial charge in [-0.2, -0.15) is 8.78 Å². The lowest BCUT2D eigenvalue weighted by atomic mass is 9.94. The molecule has 0 aliphatic heterocycles. The molecule has 0 saturated heterocycles. The normalized spacial score (nSPS) is 11.4. The number of aryl methyl sites for hydroxylation is 1. The highest BCUT2D eigenvalue weighted by atomic mass is 32.2. The number of halogens is 2. The van der Waals surface area contributed by atoms with Crippen LogP contribution in [0.4, 0.5) is 8.78 Å². The van der Waals surface area contributed by atoms with Crippen LogP contribution in [0, 0.1) is 6.92 Å². The van der Waals surface area contributed by atoms with E-state index >= 15 is 0 Å². The Bertz CT molecular complexity index is 1330. The highest BCUT2D eigenvalue weighted by molar-refractivity contribution is 7.71. The highest BCUT2D eigenvalue weighted by Crippen LogP contribution is 2.31. The molecule has 32 heavy (non-hydrogen) atoms. The minimum atomic E-state index is -2.89. The first-order valence-corrected chi connectivity index (χ1v) is 11.4. The molecule has 1 aromatic heterocycles. The molecule has 0 amide bonds. The van der Waals surface area contributed by atoms with E-state index in [1.165, 1.54) is 6.07 Å². The fourth-order valence-corrected chi connectivity index (χ4v) is 4.28. The largest absolute Gasteiger partial charge is 0.435 e. The molecule has 0 spiro atoms. The first-order valence-electron chi connectivity index (χ1n) is 10.0. The van der Waals surface area contributed by atoms with Crippen LogP contribution in [0.15, 0.2) is 72.9 Å². The van der Waals surface area contributed by atoms with Crippen LogP contribution in [0.2, 0.25) is 0 Å². The lowest BCUT2D eigenvalue weighted by Crippen LogP contribution is -2.05. The third kappa shape index (κ3) is 4.94. The van der Waals surface area contributed by atoms with E-state index in [1.54, 1.807) is 36.5 Å². The zero-order valence-electron chi connectivity index (χ0n) is 17.3. The summed E-state index contributed by atoms with van der Waals surface area (Å²) in [6.45, 7) is -0.992. The number of ether oxygens (including phenoxy) is 1. The molecule has 3 aromatic carbocycles. The Morgan fingerprint density at radius 2 is 1.69 bits per heavy atom. The van der Waals surface area contributed by atoms with E-state index in [1.807, 2.05) is 31.2 Å². The molecule has 0 fully saturated rings. The Morgan fingerprint density at radius 3 is 2.41 bits per heavy atom. The summed E-state index contributed by atoms with van der Waals surface area (Å²) in [5, 5.41) is 1.93. The quantitative estimate of drug-likeness (QED) is 0.375. The monoisotopic (exact) mass is 453 g/mol. The molecule has 0 radical (unpaired) electrons. The van der Waals surface area contributed by atoms with Crippen LogP contribution in [0.25, 0.3) is 21.9 Å². The first-order chi connectivity index (χ1) is 15.4. The maximum Gasteiger partial charge on any atom is 0.387 e. The Balaban J connectivity index is 1.75. The topological polar surface area (TPSA) is 56.3 Å². The summed E-state index contributed by atoms with van der Waals surface area (Å²) in [6, 6.07) is 20.2. The molecule has 0 aliphatic carbocycles. The van der Waals surface area contributed by atoms with Crippen molar-refractivity contribution in [1.29, 1.82) is 0 Å². The van der Waals surface area contributed by atoms with Gasteiger partial charge in [-0.05, 0) is 52.3 Å². The molecule has 4 rings (SSSR count). The second-order valence-corrected chi connectivity index (χ2v) is 8.46. The molecule has 0 atom stereocenters. The van der Waals surface area contributed by atoms with E-state index in [0.717, 1.165) is 38.7 Å². The Kier molecular flexibility index (Phi) is 6.46. The number of pyridine rings is 1. The maximum atomic E-state index is 12.8. The Hall–Kier alpha value is -3.32.